The third-order valence-corrected chi connectivity index (χ3v) is 3.43. The highest BCUT2D eigenvalue weighted by Gasteiger charge is 2.15. The average Bonchev–Trinajstić information content (AvgIpc) is 2.25. The lowest BCUT2D eigenvalue weighted by molar-refractivity contribution is 0.0384. The molecule has 0 saturated heterocycles. The van der Waals surface area contributed by atoms with E-state index in [-0.39, 0.29) is 0 Å². The molecule has 0 aliphatic carbocycles. The van der Waals surface area contributed by atoms with E-state index >= 15 is 0 Å². The topological polar surface area (TPSA) is 22.2 Å². The first-order valence-corrected chi connectivity index (χ1v) is 7.00. The number of rotatable bonds is 10. The highest BCUT2D eigenvalue weighted by molar-refractivity contribution is 4.64. The summed E-state index contributed by atoms with van der Waals surface area (Å²) in [4.78, 5) is 8.91. The molecule has 0 aromatic carbocycles. The second-order valence-electron chi connectivity index (χ2n) is 6.01. The van der Waals surface area contributed by atoms with Gasteiger partial charge in [-0.3, -0.25) is 19.6 Å². The van der Waals surface area contributed by atoms with Crippen molar-refractivity contribution in [2.24, 2.45) is 0 Å². The number of ether oxygens (including phenoxy) is 1. The molecule has 0 unspecified atom stereocenters. The molecular formula is C14H34N4O. The molecule has 0 bridgehead atoms. The zero-order valence-corrected chi connectivity index (χ0v) is 14.2. The zero-order valence-electron chi connectivity index (χ0n) is 14.2. The Balaban J connectivity index is 3.85. The van der Waals surface area contributed by atoms with Crippen LogP contribution in [0.4, 0.5) is 0 Å². The van der Waals surface area contributed by atoms with Gasteiger partial charge in [0, 0.05) is 13.2 Å². The Morgan fingerprint density at radius 1 is 0.579 bits per heavy atom. The molecule has 0 aliphatic heterocycles. The van der Waals surface area contributed by atoms with Crippen LogP contribution in [0.2, 0.25) is 0 Å². The van der Waals surface area contributed by atoms with Gasteiger partial charge in [0.15, 0.2) is 0 Å². The van der Waals surface area contributed by atoms with Gasteiger partial charge in [0.2, 0.25) is 0 Å². The van der Waals surface area contributed by atoms with E-state index in [4.69, 9.17) is 4.74 Å². The summed E-state index contributed by atoms with van der Waals surface area (Å²) >= 11 is 0. The van der Waals surface area contributed by atoms with Gasteiger partial charge in [-0.05, 0) is 69.2 Å². The van der Waals surface area contributed by atoms with E-state index in [0.717, 1.165) is 26.1 Å². The minimum Gasteiger partial charge on any atom is -0.381 e. The van der Waals surface area contributed by atoms with Crippen LogP contribution in [0.3, 0.4) is 0 Å². The maximum atomic E-state index is 5.79. The van der Waals surface area contributed by atoms with Crippen molar-refractivity contribution < 1.29 is 4.74 Å². The molecule has 116 valence electrons. The van der Waals surface area contributed by atoms with Gasteiger partial charge in [-0.15, -0.1) is 0 Å². The highest BCUT2D eigenvalue weighted by Crippen LogP contribution is 2.05. The second-order valence-corrected chi connectivity index (χ2v) is 6.01. The van der Waals surface area contributed by atoms with Crippen LogP contribution >= 0.6 is 0 Å². The van der Waals surface area contributed by atoms with Crippen LogP contribution in [0.15, 0.2) is 0 Å². The lowest BCUT2D eigenvalue weighted by atomic mass is 10.3. The fourth-order valence-electron chi connectivity index (χ4n) is 2.44. The summed E-state index contributed by atoms with van der Waals surface area (Å²) in [7, 11) is 16.9. The van der Waals surface area contributed by atoms with E-state index in [9.17, 15) is 0 Å². The molecule has 0 atom stereocenters. The lowest BCUT2D eigenvalue weighted by Crippen LogP contribution is -2.42. The molecule has 0 radical (unpaired) electrons. The molecule has 0 rings (SSSR count). The Morgan fingerprint density at radius 2 is 0.842 bits per heavy atom. The Hall–Kier alpha value is -0.200. The van der Waals surface area contributed by atoms with Crippen molar-refractivity contribution in [2.75, 3.05) is 69.6 Å². The first-order valence-electron chi connectivity index (χ1n) is 7.00. The third kappa shape index (κ3) is 7.84. The number of hydrogen-bond acceptors (Lipinski definition) is 5. The molecular weight excluding hydrogens is 240 g/mol. The number of hydrogen-bond donors (Lipinski definition) is 0. The maximum absolute atomic E-state index is 5.79. The van der Waals surface area contributed by atoms with Gasteiger partial charge in [-0.25, -0.2) is 0 Å². The molecule has 0 amide bonds. The van der Waals surface area contributed by atoms with E-state index in [1.54, 1.807) is 0 Å². The summed E-state index contributed by atoms with van der Waals surface area (Å²) in [6.07, 6.45) is 2.96. The van der Waals surface area contributed by atoms with Crippen molar-refractivity contribution in [3.63, 3.8) is 0 Å². The van der Waals surface area contributed by atoms with E-state index in [2.05, 4.69) is 76.0 Å². The van der Waals surface area contributed by atoms with E-state index < -0.39 is 0 Å². The van der Waals surface area contributed by atoms with Crippen molar-refractivity contribution in [1.82, 2.24) is 19.6 Å². The normalized spacial score (nSPS) is 12.9. The van der Waals surface area contributed by atoms with Crippen LogP contribution in [0.5, 0.6) is 0 Å². The van der Waals surface area contributed by atoms with Crippen LogP contribution in [0.25, 0.3) is 0 Å². The molecule has 0 spiro atoms. The van der Waals surface area contributed by atoms with Gasteiger partial charge < -0.3 is 4.74 Å². The predicted octanol–water partition coefficient (Wildman–Crippen LogP) is 0.682. The predicted molar refractivity (Wildman–Crippen MR) is 82.4 cm³/mol. The fourth-order valence-corrected chi connectivity index (χ4v) is 2.44. The van der Waals surface area contributed by atoms with Crippen molar-refractivity contribution in [3.05, 3.63) is 0 Å². The zero-order chi connectivity index (χ0) is 15.0. The fraction of sp³-hybridized carbons (Fsp3) is 1.00. The SMILES string of the molecule is CN(C)C(CCOCCC(N(C)C)N(C)C)N(C)C. The largest absolute Gasteiger partial charge is 0.381 e. The van der Waals surface area contributed by atoms with E-state index in [1.807, 2.05) is 0 Å². The smallest absolute Gasteiger partial charge is 0.0634 e. The summed E-state index contributed by atoms with van der Waals surface area (Å²) in [5, 5.41) is 0. The van der Waals surface area contributed by atoms with Gasteiger partial charge >= 0.3 is 0 Å². The summed E-state index contributed by atoms with van der Waals surface area (Å²) in [5.74, 6) is 0. The maximum Gasteiger partial charge on any atom is 0.0634 e. The summed E-state index contributed by atoms with van der Waals surface area (Å²) in [6.45, 7) is 1.63. The second kappa shape index (κ2) is 9.66. The van der Waals surface area contributed by atoms with Gasteiger partial charge in [0.1, 0.15) is 0 Å². The van der Waals surface area contributed by atoms with Gasteiger partial charge in [-0.2, -0.15) is 0 Å². The molecule has 5 nitrogen and oxygen atoms in total. The molecule has 0 fully saturated rings. The van der Waals surface area contributed by atoms with Crippen molar-refractivity contribution in [1.29, 1.82) is 0 Å². The molecule has 0 aromatic rings. The van der Waals surface area contributed by atoms with Crippen LogP contribution in [-0.4, -0.2) is 102 Å². The molecule has 5 heteroatoms. The molecule has 0 aromatic heterocycles. The van der Waals surface area contributed by atoms with Gasteiger partial charge in [-0.1, -0.05) is 0 Å². The highest BCUT2D eigenvalue weighted by atomic mass is 16.5. The summed E-state index contributed by atoms with van der Waals surface area (Å²) in [6, 6.07) is 0. The first kappa shape index (κ1) is 18.8. The monoisotopic (exact) mass is 274 g/mol. The molecule has 0 saturated carbocycles. The molecule has 0 N–H and O–H groups in total. The molecule has 0 heterocycles. The summed E-state index contributed by atoms with van der Waals surface area (Å²) in [5.41, 5.74) is 0. The standard InChI is InChI=1S/C14H34N4O/c1-15(2)13(16(3)4)9-11-19-12-10-14(17(5)6)18(7)8/h13-14H,9-12H2,1-8H3. The third-order valence-electron chi connectivity index (χ3n) is 3.43. The van der Waals surface area contributed by atoms with Gasteiger partial charge in [0.05, 0.1) is 12.3 Å². The van der Waals surface area contributed by atoms with Crippen molar-refractivity contribution in [3.8, 4) is 0 Å². The minimum atomic E-state index is 0.443. The van der Waals surface area contributed by atoms with E-state index in [0.29, 0.717) is 12.3 Å². The Labute approximate surface area is 120 Å². The molecule has 19 heavy (non-hydrogen) atoms. The average molecular weight is 274 g/mol. The number of nitrogens with zero attached hydrogens (tertiary/aromatic N) is 4. The quantitative estimate of drug-likeness (QED) is 0.430. The minimum absolute atomic E-state index is 0.443. The van der Waals surface area contributed by atoms with Crippen LogP contribution < -0.4 is 0 Å². The van der Waals surface area contributed by atoms with Crippen LogP contribution in [0.1, 0.15) is 12.8 Å². The van der Waals surface area contributed by atoms with E-state index in [1.165, 1.54) is 0 Å². The lowest BCUT2D eigenvalue weighted by Gasteiger charge is -2.31. The summed E-state index contributed by atoms with van der Waals surface area (Å²) < 4.78 is 5.79. The van der Waals surface area contributed by atoms with Crippen LogP contribution in [-0.2, 0) is 4.74 Å². The Morgan fingerprint density at radius 3 is 1.05 bits per heavy atom. The molecule has 0 aliphatic rings. The van der Waals surface area contributed by atoms with Crippen LogP contribution in [0, 0.1) is 0 Å². The van der Waals surface area contributed by atoms with Crippen molar-refractivity contribution in [2.45, 2.75) is 25.2 Å². The Kier molecular flexibility index (Phi) is 9.56. The Bertz CT molecular complexity index is 181. The van der Waals surface area contributed by atoms with Gasteiger partial charge in [0.25, 0.3) is 0 Å². The first-order chi connectivity index (χ1) is 8.77. The van der Waals surface area contributed by atoms with Crippen molar-refractivity contribution >= 4 is 0 Å².